The molecule has 4 aromatic rings. The number of anilines is 2. The van der Waals surface area contributed by atoms with Crippen molar-refractivity contribution < 1.29 is 4.79 Å². The first-order valence-corrected chi connectivity index (χ1v) is 11.2. The molecule has 1 aliphatic carbocycles. The summed E-state index contributed by atoms with van der Waals surface area (Å²) in [5.74, 6) is 1.17. The summed E-state index contributed by atoms with van der Waals surface area (Å²) in [6, 6.07) is 20.2. The fourth-order valence-corrected chi connectivity index (χ4v) is 4.42. The molecule has 1 amide bonds. The van der Waals surface area contributed by atoms with Crippen LogP contribution < -0.4 is 10.6 Å². The highest BCUT2D eigenvalue weighted by Crippen LogP contribution is 2.27. The van der Waals surface area contributed by atoms with Gasteiger partial charge in [0.1, 0.15) is 5.82 Å². The summed E-state index contributed by atoms with van der Waals surface area (Å²) in [5.41, 5.74) is 5.93. The Balaban J connectivity index is 1.36. The minimum absolute atomic E-state index is 0.142. The fraction of sp³-hybridized carbons (Fsp3) is 0.269. The molecule has 0 unspecified atom stereocenters. The Morgan fingerprint density at radius 1 is 1.06 bits per heavy atom. The molecule has 2 heterocycles. The number of nitrogens with zero attached hydrogens (tertiary/aromatic N) is 3. The Labute approximate surface area is 187 Å². The number of rotatable bonds is 6. The predicted octanol–water partition coefficient (Wildman–Crippen LogP) is 5.45. The molecule has 1 fully saturated rings. The molecular formula is C26H27N5O. The van der Waals surface area contributed by atoms with Gasteiger partial charge < -0.3 is 10.6 Å². The maximum Gasteiger partial charge on any atom is 0.227 e. The van der Waals surface area contributed by atoms with E-state index in [4.69, 9.17) is 4.98 Å². The van der Waals surface area contributed by atoms with E-state index >= 15 is 0 Å². The van der Waals surface area contributed by atoms with Crippen molar-refractivity contribution in [2.75, 3.05) is 10.6 Å². The summed E-state index contributed by atoms with van der Waals surface area (Å²) < 4.78 is 1.81. The molecule has 0 saturated heterocycles. The zero-order chi connectivity index (χ0) is 21.9. The van der Waals surface area contributed by atoms with Crippen molar-refractivity contribution >= 4 is 23.1 Å². The molecule has 1 aliphatic rings. The number of carbonyl (C=O) groups excluding carboxylic acids is 1. The Hall–Kier alpha value is -3.67. The predicted molar refractivity (Wildman–Crippen MR) is 128 cm³/mol. The van der Waals surface area contributed by atoms with E-state index in [2.05, 4.69) is 40.9 Å². The molecule has 2 aromatic carbocycles. The van der Waals surface area contributed by atoms with Crippen molar-refractivity contribution in [3.05, 3.63) is 78.0 Å². The monoisotopic (exact) mass is 425 g/mol. The lowest BCUT2D eigenvalue weighted by Gasteiger charge is -2.13. The van der Waals surface area contributed by atoms with Gasteiger partial charge in [0.15, 0.2) is 5.65 Å². The molecule has 0 aliphatic heterocycles. The van der Waals surface area contributed by atoms with Gasteiger partial charge in [-0.1, -0.05) is 49.2 Å². The molecule has 1 saturated carbocycles. The second-order valence-electron chi connectivity index (χ2n) is 8.47. The molecule has 2 N–H and O–H groups in total. The van der Waals surface area contributed by atoms with Crippen molar-refractivity contribution in [1.82, 2.24) is 14.6 Å². The largest absolute Gasteiger partial charge is 0.366 e. The van der Waals surface area contributed by atoms with Crippen molar-refractivity contribution in [3.8, 4) is 11.3 Å². The SMILES string of the molecule is Cc1ccccc1-c1cc(NCc2cccc(NC(=O)C3CCCC3)c2)n2nccc2n1. The average Bonchev–Trinajstić information content (AvgIpc) is 3.50. The van der Waals surface area contributed by atoms with E-state index in [1.54, 1.807) is 6.20 Å². The van der Waals surface area contributed by atoms with E-state index in [0.717, 1.165) is 59.7 Å². The molecule has 32 heavy (non-hydrogen) atoms. The van der Waals surface area contributed by atoms with Crippen molar-refractivity contribution in [2.45, 2.75) is 39.2 Å². The zero-order valence-corrected chi connectivity index (χ0v) is 18.2. The summed E-state index contributed by atoms with van der Waals surface area (Å²) in [6.07, 6.45) is 6.06. The highest BCUT2D eigenvalue weighted by molar-refractivity contribution is 5.92. The van der Waals surface area contributed by atoms with Crippen LogP contribution in [0.3, 0.4) is 0 Å². The summed E-state index contributed by atoms with van der Waals surface area (Å²) >= 11 is 0. The van der Waals surface area contributed by atoms with E-state index in [-0.39, 0.29) is 11.8 Å². The first-order valence-electron chi connectivity index (χ1n) is 11.2. The van der Waals surface area contributed by atoms with Crippen molar-refractivity contribution in [2.24, 2.45) is 5.92 Å². The van der Waals surface area contributed by atoms with Crippen LogP contribution in [0.25, 0.3) is 16.9 Å². The number of amides is 1. The highest BCUT2D eigenvalue weighted by atomic mass is 16.1. The van der Waals surface area contributed by atoms with Crippen LogP contribution in [0.15, 0.2) is 66.9 Å². The Kier molecular flexibility index (Phi) is 5.58. The fourth-order valence-electron chi connectivity index (χ4n) is 4.42. The summed E-state index contributed by atoms with van der Waals surface area (Å²) in [5, 5.41) is 11.0. The molecule has 6 heteroatoms. The smallest absolute Gasteiger partial charge is 0.227 e. The summed E-state index contributed by atoms with van der Waals surface area (Å²) in [7, 11) is 0. The van der Waals surface area contributed by atoms with Crippen molar-refractivity contribution in [3.63, 3.8) is 0 Å². The number of benzene rings is 2. The summed E-state index contributed by atoms with van der Waals surface area (Å²) in [6.45, 7) is 2.70. The molecule has 2 aromatic heterocycles. The van der Waals surface area contributed by atoms with Gasteiger partial charge in [0.05, 0.1) is 11.9 Å². The van der Waals surface area contributed by atoms with Crippen LogP contribution >= 0.6 is 0 Å². The number of fused-ring (bicyclic) bond motifs is 1. The van der Waals surface area contributed by atoms with E-state index in [0.29, 0.717) is 6.54 Å². The van der Waals surface area contributed by atoms with Gasteiger partial charge in [-0.25, -0.2) is 4.98 Å². The number of aryl methyl sites for hydroxylation is 1. The van der Waals surface area contributed by atoms with Crippen LogP contribution in [-0.2, 0) is 11.3 Å². The van der Waals surface area contributed by atoms with Gasteiger partial charge >= 0.3 is 0 Å². The van der Waals surface area contributed by atoms with Gasteiger partial charge in [-0.05, 0) is 43.0 Å². The molecule has 0 spiro atoms. The molecule has 0 bridgehead atoms. The Morgan fingerprint density at radius 2 is 1.91 bits per heavy atom. The molecule has 0 radical (unpaired) electrons. The van der Waals surface area contributed by atoms with Crippen LogP contribution in [0.2, 0.25) is 0 Å². The van der Waals surface area contributed by atoms with Crippen LogP contribution in [-0.4, -0.2) is 20.5 Å². The second kappa shape index (κ2) is 8.83. The third-order valence-electron chi connectivity index (χ3n) is 6.17. The maximum absolute atomic E-state index is 12.5. The van der Waals surface area contributed by atoms with Gasteiger partial charge in [0.25, 0.3) is 0 Å². The van der Waals surface area contributed by atoms with Gasteiger partial charge in [-0.3, -0.25) is 4.79 Å². The molecule has 6 nitrogen and oxygen atoms in total. The quantitative estimate of drug-likeness (QED) is 0.431. The van der Waals surface area contributed by atoms with Gasteiger partial charge in [-0.2, -0.15) is 9.61 Å². The standard InChI is InChI=1S/C26H27N5O/c1-18-7-2-5-12-22(18)23-16-25(31-24(30-23)13-14-28-31)27-17-19-8-6-11-21(15-19)29-26(32)20-9-3-4-10-20/h2,5-8,11-16,20,27H,3-4,9-10,17H2,1H3,(H,29,32). The molecule has 162 valence electrons. The van der Waals surface area contributed by atoms with Gasteiger partial charge in [-0.15, -0.1) is 0 Å². The van der Waals surface area contributed by atoms with Crippen LogP contribution in [0, 0.1) is 12.8 Å². The Bertz CT molecular complexity index is 1260. The third kappa shape index (κ3) is 4.21. The van der Waals surface area contributed by atoms with Gasteiger partial charge in [0.2, 0.25) is 5.91 Å². The van der Waals surface area contributed by atoms with Gasteiger partial charge in [0, 0.05) is 35.8 Å². The number of carbonyl (C=O) groups is 1. The van der Waals surface area contributed by atoms with Crippen LogP contribution in [0.5, 0.6) is 0 Å². The molecular weight excluding hydrogens is 398 g/mol. The number of hydrogen-bond donors (Lipinski definition) is 2. The first kappa shape index (κ1) is 20.2. The topological polar surface area (TPSA) is 71.3 Å². The lowest BCUT2D eigenvalue weighted by atomic mass is 10.1. The second-order valence-corrected chi connectivity index (χ2v) is 8.47. The number of nitrogens with one attached hydrogen (secondary N) is 2. The molecule has 0 atom stereocenters. The first-order chi connectivity index (χ1) is 15.7. The zero-order valence-electron chi connectivity index (χ0n) is 18.2. The van der Waals surface area contributed by atoms with E-state index in [9.17, 15) is 4.79 Å². The minimum atomic E-state index is 0.142. The lowest BCUT2D eigenvalue weighted by Crippen LogP contribution is -2.20. The maximum atomic E-state index is 12.5. The summed E-state index contributed by atoms with van der Waals surface area (Å²) in [4.78, 5) is 17.3. The van der Waals surface area contributed by atoms with Crippen LogP contribution in [0.4, 0.5) is 11.5 Å². The van der Waals surface area contributed by atoms with Crippen LogP contribution in [0.1, 0.15) is 36.8 Å². The Morgan fingerprint density at radius 3 is 2.75 bits per heavy atom. The number of aromatic nitrogens is 3. The van der Waals surface area contributed by atoms with Crippen molar-refractivity contribution in [1.29, 1.82) is 0 Å². The third-order valence-corrected chi connectivity index (χ3v) is 6.17. The van der Waals surface area contributed by atoms with E-state index in [1.165, 1.54) is 5.56 Å². The normalized spacial score (nSPS) is 14.0. The lowest BCUT2D eigenvalue weighted by molar-refractivity contribution is -0.119. The highest BCUT2D eigenvalue weighted by Gasteiger charge is 2.22. The minimum Gasteiger partial charge on any atom is -0.366 e. The van der Waals surface area contributed by atoms with E-state index < -0.39 is 0 Å². The average molecular weight is 426 g/mol. The molecule has 5 rings (SSSR count). The number of hydrogen-bond acceptors (Lipinski definition) is 4. The van der Waals surface area contributed by atoms with E-state index in [1.807, 2.05) is 47.0 Å².